The number of anilines is 1. The van der Waals surface area contributed by atoms with Crippen molar-refractivity contribution in [2.24, 2.45) is 0 Å². The van der Waals surface area contributed by atoms with Gasteiger partial charge in [0.15, 0.2) is 5.13 Å². The molecule has 0 saturated carbocycles. The van der Waals surface area contributed by atoms with Gasteiger partial charge in [-0.2, -0.15) is 5.26 Å². The highest BCUT2D eigenvalue weighted by atomic mass is 32.1. The zero-order chi connectivity index (χ0) is 14.9. The van der Waals surface area contributed by atoms with Gasteiger partial charge >= 0.3 is 0 Å². The molecular weight excluding hydrogens is 272 g/mol. The van der Waals surface area contributed by atoms with E-state index in [1.165, 1.54) is 11.3 Å². The Balaban J connectivity index is 2.54. The van der Waals surface area contributed by atoms with Crippen molar-refractivity contribution in [2.75, 3.05) is 5.32 Å². The van der Waals surface area contributed by atoms with Crippen LogP contribution in [-0.4, -0.2) is 16.0 Å². The number of nitriles is 1. The molecule has 0 atom stereocenters. The highest BCUT2D eigenvalue weighted by Gasteiger charge is 2.14. The molecular formula is C14H16N4OS. The van der Waals surface area contributed by atoms with Gasteiger partial charge < -0.3 is 10.3 Å². The maximum atomic E-state index is 11.6. The summed E-state index contributed by atoms with van der Waals surface area (Å²) in [5, 5.41) is 13.1. The maximum Gasteiger partial charge on any atom is 0.266 e. The van der Waals surface area contributed by atoms with E-state index in [1.54, 1.807) is 6.07 Å². The van der Waals surface area contributed by atoms with Crippen LogP contribution in [0, 0.1) is 25.2 Å². The first-order chi connectivity index (χ1) is 9.42. The largest absolute Gasteiger partial charge is 0.359 e. The van der Waals surface area contributed by atoms with Crippen molar-refractivity contribution in [1.82, 2.24) is 9.97 Å². The average Bonchev–Trinajstić information content (AvgIpc) is 2.69. The molecule has 0 aromatic carbocycles. The van der Waals surface area contributed by atoms with Gasteiger partial charge in [-0.25, -0.2) is 4.98 Å². The van der Waals surface area contributed by atoms with E-state index in [2.05, 4.69) is 29.1 Å². The van der Waals surface area contributed by atoms with Gasteiger partial charge in [0.2, 0.25) is 0 Å². The fourth-order valence-electron chi connectivity index (χ4n) is 1.90. The van der Waals surface area contributed by atoms with Crippen LogP contribution in [0.25, 0.3) is 10.4 Å². The average molecular weight is 288 g/mol. The second-order valence-corrected chi connectivity index (χ2v) is 5.89. The number of aromatic amines is 1. The van der Waals surface area contributed by atoms with E-state index in [1.807, 2.05) is 19.9 Å². The van der Waals surface area contributed by atoms with E-state index in [9.17, 15) is 4.79 Å². The lowest BCUT2D eigenvalue weighted by molar-refractivity contribution is 0.895. The first-order valence-corrected chi connectivity index (χ1v) is 7.12. The number of hydrogen-bond donors (Lipinski definition) is 2. The number of thiazole rings is 1. The fourth-order valence-corrected chi connectivity index (χ4v) is 3.08. The lowest BCUT2D eigenvalue weighted by Gasteiger charge is -2.05. The Hall–Kier alpha value is -2.13. The topological polar surface area (TPSA) is 81.6 Å². The number of nitrogens with zero attached hydrogens (tertiary/aromatic N) is 2. The Morgan fingerprint density at radius 3 is 2.75 bits per heavy atom. The van der Waals surface area contributed by atoms with Gasteiger partial charge in [-0.3, -0.25) is 4.79 Å². The number of rotatable bonds is 3. The van der Waals surface area contributed by atoms with Crippen LogP contribution in [0.15, 0.2) is 10.9 Å². The molecule has 2 N–H and O–H groups in total. The highest BCUT2D eigenvalue weighted by molar-refractivity contribution is 7.19. The van der Waals surface area contributed by atoms with Crippen LogP contribution < -0.4 is 10.9 Å². The standard InChI is InChI=1S/C14H16N4OS/c1-7(2)16-14-18-9(4)12(20-14)11-5-10(6-15)13(19)17-8(11)3/h5,7H,1-4H3,(H,16,18)(H,17,19). The number of hydrogen-bond acceptors (Lipinski definition) is 5. The molecule has 0 aliphatic heterocycles. The summed E-state index contributed by atoms with van der Waals surface area (Å²) in [6.07, 6.45) is 0. The Labute approximate surface area is 121 Å². The van der Waals surface area contributed by atoms with Gasteiger partial charge in [0, 0.05) is 17.3 Å². The van der Waals surface area contributed by atoms with Crippen molar-refractivity contribution in [3.05, 3.63) is 33.4 Å². The molecule has 0 unspecified atom stereocenters. The zero-order valence-electron chi connectivity index (χ0n) is 11.9. The second kappa shape index (κ2) is 5.47. The Morgan fingerprint density at radius 1 is 1.45 bits per heavy atom. The number of H-pyrrole nitrogens is 1. The molecule has 2 aromatic rings. The molecule has 2 rings (SSSR count). The molecule has 6 heteroatoms. The summed E-state index contributed by atoms with van der Waals surface area (Å²) in [6, 6.07) is 3.85. The van der Waals surface area contributed by atoms with Crippen molar-refractivity contribution in [3.63, 3.8) is 0 Å². The highest BCUT2D eigenvalue weighted by Crippen LogP contribution is 2.34. The van der Waals surface area contributed by atoms with Crippen molar-refractivity contribution in [1.29, 1.82) is 5.26 Å². The lowest BCUT2D eigenvalue weighted by Crippen LogP contribution is -2.11. The number of nitrogens with one attached hydrogen (secondary N) is 2. The normalized spacial score (nSPS) is 10.6. The number of aromatic nitrogens is 2. The molecule has 0 bridgehead atoms. The zero-order valence-corrected chi connectivity index (χ0v) is 12.7. The molecule has 0 aliphatic carbocycles. The minimum Gasteiger partial charge on any atom is -0.359 e. The third kappa shape index (κ3) is 2.73. The first kappa shape index (κ1) is 14.3. The van der Waals surface area contributed by atoms with E-state index in [-0.39, 0.29) is 11.1 Å². The summed E-state index contributed by atoms with van der Waals surface area (Å²) in [5.74, 6) is 0. The monoisotopic (exact) mass is 288 g/mol. The SMILES string of the molecule is Cc1nc(NC(C)C)sc1-c1cc(C#N)c(=O)[nH]c1C. The summed E-state index contributed by atoms with van der Waals surface area (Å²) in [4.78, 5) is 19.8. The van der Waals surface area contributed by atoms with Crippen LogP contribution >= 0.6 is 11.3 Å². The Bertz CT molecular complexity index is 737. The summed E-state index contributed by atoms with van der Waals surface area (Å²) in [5.41, 5.74) is 2.26. The maximum absolute atomic E-state index is 11.6. The number of aryl methyl sites for hydroxylation is 2. The van der Waals surface area contributed by atoms with E-state index < -0.39 is 0 Å². The Morgan fingerprint density at radius 2 is 2.15 bits per heavy atom. The van der Waals surface area contributed by atoms with Gasteiger partial charge in [0.25, 0.3) is 5.56 Å². The number of pyridine rings is 1. The van der Waals surface area contributed by atoms with Crippen molar-refractivity contribution in [2.45, 2.75) is 33.7 Å². The minimum atomic E-state index is -0.351. The van der Waals surface area contributed by atoms with Gasteiger partial charge in [0.05, 0.1) is 10.6 Å². The molecule has 0 amide bonds. The molecule has 0 saturated heterocycles. The van der Waals surface area contributed by atoms with Gasteiger partial charge in [0.1, 0.15) is 11.6 Å². The molecule has 0 spiro atoms. The van der Waals surface area contributed by atoms with Crippen LogP contribution in [0.4, 0.5) is 5.13 Å². The van der Waals surface area contributed by atoms with Crippen molar-refractivity contribution >= 4 is 16.5 Å². The van der Waals surface area contributed by atoms with E-state index in [4.69, 9.17) is 5.26 Å². The Kier molecular flexibility index (Phi) is 3.91. The molecule has 104 valence electrons. The molecule has 2 heterocycles. The second-order valence-electron chi connectivity index (χ2n) is 4.90. The predicted octanol–water partition coefficient (Wildman–Crippen LogP) is 2.81. The van der Waals surface area contributed by atoms with Crippen LogP contribution in [0.3, 0.4) is 0 Å². The van der Waals surface area contributed by atoms with Crippen LogP contribution in [0.1, 0.15) is 30.8 Å². The molecule has 5 nitrogen and oxygen atoms in total. The van der Waals surface area contributed by atoms with Gasteiger partial charge in [-0.15, -0.1) is 0 Å². The van der Waals surface area contributed by atoms with Crippen LogP contribution in [-0.2, 0) is 0 Å². The molecule has 0 aliphatic rings. The first-order valence-electron chi connectivity index (χ1n) is 6.30. The van der Waals surface area contributed by atoms with Crippen LogP contribution in [0.2, 0.25) is 0 Å². The lowest BCUT2D eigenvalue weighted by atomic mass is 10.1. The van der Waals surface area contributed by atoms with E-state index in [0.29, 0.717) is 6.04 Å². The molecule has 20 heavy (non-hydrogen) atoms. The van der Waals surface area contributed by atoms with E-state index in [0.717, 1.165) is 27.0 Å². The summed E-state index contributed by atoms with van der Waals surface area (Å²) in [6.45, 7) is 7.85. The quantitative estimate of drug-likeness (QED) is 0.910. The fraction of sp³-hybridized carbons (Fsp3) is 0.357. The summed E-state index contributed by atoms with van der Waals surface area (Å²) >= 11 is 1.53. The van der Waals surface area contributed by atoms with Gasteiger partial charge in [-0.05, 0) is 33.8 Å². The van der Waals surface area contributed by atoms with Crippen molar-refractivity contribution < 1.29 is 0 Å². The smallest absolute Gasteiger partial charge is 0.266 e. The molecule has 2 aromatic heterocycles. The third-order valence-corrected chi connectivity index (χ3v) is 3.93. The van der Waals surface area contributed by atoms with Gasteiger partial charge in [-0.1, -0.05) is 11.3 Å². The van der Waals surface area contributed by atoms with Crippen molar-refractivity contribution in [3.8, 4) is 16.5 Å². The van der Waals surface area contributed by atoms with E-state index >= 15 is 0 Å². The third-order valence-electron chi connectivity index (χ3n) is 2.81. The van der Waals surface area contributed by atoms with Crippen LogP contribution in [0.5, 0.6) is 0 Å². The summed E-state index contributed by atoms with van der Waals surface area (Å²) < 4.78 is 0. The molecule has 0 fully saturated rings. The minimum absolute atomic E-state index is 0.122. The molecule has 0 radical (unpaired) electrons. The summed E-state index contributed by atoms with van der Waals surface area (Å²) in [7, 11) is 0. The predicted molar refractivity (Wildman–Crippen MR) is 81.1 cm³/mol.